The lowest BCUT2D eigenvalue weighted by Crippen LogP contribution is -2.32. The highest BCUT2D eigenvalue weighted by Gasteiger charge is 2.26. The first-order valence-electron chi connectivity index (χ1n) is 9.78. The molecule has 0 atom stereocenters. The molecule has 7 nitrogen and oxygen atoms in total. The van der Waals surface area contributed by atoms with Gasteiger partial charge in [-0.2, -0.15) is 0 Å². The molecule has 4 rings (SSSR count). The Kier molecular flexibility index (Phi) is 5.98. The van der Waals surface area contributed by atoms with Crippen LogP contribution in [0.5, 0.6) is 5.75 Å². The number of benzene rings is 2. The Morgan fingerprint density at radius 2 is 1.81 bits per heavy atom. The molecule has 0 saturated carbocycles. The molecule has 0 radical (unpaired) electrons. The molecule has 0 spiro atoms. The average molecular weight is 462 g/mol. The summed E-state index contributed by atoms with van der Waals surface area (Å²) in [6.07, 6.45) is 0.0353. The monoisotopic (exact) mass is 461 g/mol. The van der Waals surface area contributed by atoms with Gasteiger partial charge in [-0.3, -0.25) is 4.79 Å². The quantitative estimate of drug-likeness (QED) is 0.590. The van der Waals surface area contributed by atoms with Crippen LogP contribution in [0.1, 0.15) is 11.3 Å². The maximum Gasteiger partial charge on any atom is 0.407 e. The lowest BCUT2D eigenvalue weighted by atomic mass is 10.1. The predicted molar refractivity (Wildman–Crippen MR) is 121 cm³/mol. The number of carbonyl (C=O) groups excluding carboxylic acids is 1. The zero-order chi connectivity index (χ0) is 22.1. The van der Waals surface area contributed by atoms with E-state index in [1.165, 1.54) is 4.90 Å². The molecule has 1 aliphatic heterocycles. The summed E-state index contributed by atoms with van der Waals surface area (Å²) < 4.78 is 7.06. The Labute approximate surface area is 189 Å². The number of carboxylic acid groups (broad SMARTS) is 1. The van der Waals surface area contributed by atoms with Crippen molar-refractivity contribution in [2.75, 3.05) is 25.5 Å². The Morgan fingerprint density at radius 3 is 2.48 bits per heavy atom. The third-order valence-corrected chi connectivity index (χ3v) is 6.34. The van der Waals surface area contributed by atoms with Crippen molar-refractivity contribution in [3.63, 3.8) is 0 Å². The van der Waals surface area contributed by atoms with Crippen LogP contribution in [-0.2, 0) is 24.2 Å². The second kappa shape index (κ2) is 8.69. The molecule has 1 aliphatic rings. The molecule has 0 aliphatic carbocycles. The number of hydrogen-bond donors (Lipinski definition) is 2. The summed E-state index contributed by atoms with van der Waals surface area (Å²) in [5, 5.41) is 13.9. The van der Waals surface area contributed by atoms with Crippen LogP contribution in [0, 0.1) is 0 Å². The molecule has 31 heavy (non-hydrogen) atoms. The number of nitrogens with one attached hydrogen (secondary N) is 1. The first-order valence-corrected chi connectivity index (χ1v) is 10.5. The summed E-state index contributed by atoms with van der Waals surface area (Å²) in [4.78, 5) is 25.7. The third-order valence-electron chi connectivity index (χ3n) is 5.54. The minimum Gasteiger partial charge on any atom is -0.497 e. The van der Waals surface area contributed by atoms with Gasteiger partial charge in [-0.05, 0) is 48.4 Å². The molecule has 0 saturated heterocycles. The predicted octanol–water partition coefficient (Wildman–Crippen LogP) is 4.67. The smallest absolute Gasteiger partial charge is 0.407 e. The fourth-order valence-corrected chi connectivity index (χ4v) is 4.48. The maximum absolute atomic E-state index is 12.8. The van der Waals surface area contributed by atoms with Gasteiger partial charge in [0.15, 0.2) is 0 Å². The van der Waals surface area contributed by atoms with Crippen LogP contribution < -0.4 is 10.1 Å². The summed E-state index contributed by atoms with van der Waals surface area (Å²) in [5.41, 5.74) is 3.33. The average Bonchev–Trinajstić information content (AvgIpc) is 2.89. The van der Waals surface area contributed by atoms with Crippen LogP contribution in [0.3, 0.4) is 0 Å². The highest BCUT2D eigenvalue weighted by molar-refractivity contribution is 6.45. The van der Waals surface area contributed by atoms with Crippen LogP contribution in [0.15, 0.2) is 36.4 Å². The molecule has 2 heterocycles. The standard InChI is InChI=1S/C22H21Cl2N3O4/c1-31-14-4-2-13(3-5-14)25-19(28)12-27-17-9-11-26(22(29)30)10-8-15(17)20-18(27)7-6-16(23)21(20)24/h2-7H,8-12H2,1H3,(H,25,28)(H,29,30). The van der Waals surface area contributed by atoms with Crippen LogP contribution in [-0.4, -0.2) is 46.8 Å². The van der Waals surface area contributed by atoms with Gasteiger partial charge in [0.2, 0.25) is 5.91 Å². The molecular formula is C22H21Cl2N3O4. The van der Waals surface area contributed by atoms with E-state index in [0.717, 1.165) is 22.2 Å². The van der Waals surface area contributed by atoms with Gasteiger partial charge in [0, 0.05) is 36.3 Å². The number of halogens is 2. The van der Waals surface area contributed by atoms with Gasteiger partial charge < -0.3 is 24.6 Å². The molecule has 2 amide bonds. The Morgan fingerprint density at radius 1 is 1.10 bits per heavy atom. The highest BCUT2D eigenvalue weighted by Crippen LogP contribution is 2.38. The summed E-state index contributed by atoms with van der Waals surface area (Å²) in [6, 6.07) is 10.7. The Hall–Kier alpha value is -2.90. The SMILES string of the molecule is COc1ccc(NC(=O)Cn2c3c(c4c(Cl)c(Cl)ccc42)CCN(C(=O)O)CC3)cc1. The molecule has 3 aromatic rings. The maximum atomic E-state index is 12.8. The van der Waals surface area contributed by atoms with Crippen molar-refractivity contribution >= 4 is 51.8 Å². The number of rotatable bonds is 4. The molecule has 2 N–H and O–H groups in total. The highest BCUT2D eigenvalue weighted by atomic mass is 35.5. The van der Waals surface area contributed by atoms with Crippen molar-refractivity contribution in [1.82, 2.24) is 9.47 Å². The summed E-state index contributed by atoms with van der Waals surface area (Å²) in [5.74, 6) is 0.504. The summed E-state index contributed by atoms with van der Waals surface area (Å²) in [6.45, 7) is 0.787. The van der Waals surface area contributed by atoms with E-state index in [2.05, 4.69) is 5.32 Å². The summed E-state index contributed by atoms with van der Waals surface area (Å²) in [7, 11) is 1.58. The lowest BCUT2D eigenvalue weighted by Gasteiger charge is -2.16. The number of nitrogens with zero attached hydrogens (tertiary/aromatic N) is 2. The molecule has 0 fully saturated rings. The van der Waals surface area contributed by atoms with Gasteiger partial charge in [0.05, 0.1) is 22.7 Å². The number of methoxy groups -OCH3 is 1. The van der Waals surface area contributed by atoms with E-state index in [1.54, 1.807) is 37.4 Å². The number of amides is 2. The van der Waals surface area contributed by atoms with E-state index in [4.69, 9.17) is 27.9 Å². The van der Waals surface area contributed by atoms with Gasteiger partial charge in [-0.25, -0.2) is 4.79 Å². The minimum absolute atomic E-state index is 0.0723. The number of fused-ring (bicyclic) bond motifs is 3. The zero-order valence-corrected chi connectivity index (χ0v) is 18.3. The van der Waals surface area contributed by atoms with Crippen LogP contribution in [0.4, 0.5) is 10.5 Å². The zero-order valence-electron chi connectivity index (χ0n) is 16.8. The molecule has 0 unspecified atom stereocenters. The van der Waals surface area contributed by atoms with E-state index in [0.29, 0.717) is 47.4 Å². The number of aromatic nitrogens is 1. The topological polar surface area (TPSA) is 83.8 Å². The van der Waals surface area contributed by atoms with Crippen molar-refractivity contribution in [2.24, 2.45) is 0 Å². The lowest BCUT2D eigenvalue weighted by molar-refractivity contribution is -0.116. The first-order chi connectivity index (χ1) is 14.9. The second-order valence-electron chi connectivity index (χ2n) is 7.31. The third kappa shape index (κ3) is 4.16. The molecular weight excluding hydrogens is 441 g/mol. The van der Waals surface area contributed by atoms with Gasteiger partial charge >= 0.3 is 6.09 Å². The summed E-state index contributed by atoms with van der Waals surface area (Å²) >= 11 is 12.8. The van der Waals surface area contributed by atoms with Crippen molar-refractivity contribution < 1.29 is 19.4 Å². The molecule has 162 valence electrons. The van der Waals surface area contributed by atoms with Crippen LogP contribution in [0.2, 0.25) is 10.0 Å². The number of hydrogen-bond acceptors (Lipinski definition) is 3. The van der Waals surface area contributed by atoms with Crippen molar-refractivity contribution in [2.45, 2.75) is 19.4 Å². The van der Waals surface area contributed by atoms with Crippen LogP contribution in [0.25, 0.3) is 10.9 Å². The molecule has 2 aromatic carbocycles. The van der Waals surface area contributed by atoms with Crippen molar-refractivity contribution in [3.8, 4) is 5.75 Å². The normalized spacial score (nSPS) is 13.6. The first kappa shape index (κ1) is 21.3. The number of ether oxygens (including phenoxy) is 1. The van der Waals surface area contributed by atoms with E-state index in [1.807, 2.05) is 10.6 Å². The molecule has 1 aromatic heterocycles. The number of carbonyl (C=O) groups is 2. The van der Waals surface area contributed by atoms with E-state index < -0.39 is 6.09 Å². The van der Waals surface area contributed by atoms with Gasteiger partial charge in [0.25, 0.3) is 0 Å². The molecule has 9 heteroatoms. The Bertz CT molecular complexity index is 1160. The van der Waals surface area contributed by atoms with E-state index in [-0.39, 0.29) is 12.5 Å². The van der Waals surface area contributed by atoms with Crippen molar-refractivity contribution in [3.05, 3.63) is 57.7 Å². The largest absolute Gasteiger partial charge is 0.497 e. The molecule has 0 bridgehead atoms. The van der Waals surface area contributed by atoms with Gasteiger partial charge in [-0.1, -0.05) is 23.2 Å². The second-order valence-corrected chi connectivity index (χ2v) is 8.10. The van der Waals surface area contributed by atoms with E-state index >= 15 is 0 Å². The fourth-order valence-electron chi connectivity index (χ4n) is 4.05. The van der Waals surface area contributed by atoms with Gasteiger partial charge in [-0.15, -0.1) is 0 Å². The van der Waals surface area contributed by atoms with E-state index in [9.17, 15) is 14.7 Å². The minimum atomic E-state index is -0.956. The Balaban J connectivity index is 1.69. The number of anilines is 1. The van der Waals surface area contributed by atoms with Crippen LogP contribution >= 0.6 is 23.2 Å². The van der Waals surface area contributed by atoms with Gasteiger partial charge in [0.1, 0.15) is 12.3 Å². The van der Waals surface area contributed by atoms with Crippen molar-refractivity contribution in [1.29, 1.82) is 0 Å². The fraction of sp³-hybridized carbons (Fsp3) is 0.273.